The second kappa shape index (κ2) is 4.22. The van der Waals surface area contributed by atoms with Gasteiger partial charge >= 0.3 is 35.5 Å². The van der Waals surface area contributed by atoms with Gasteiger partial charge in [0.25, 0.3) is 0 Å². The fourth-order valence-electron chi connectivity index (χ4n) is 7.36. The summed E-state index contributed by atoms with van der Waals surface area (Å²) >= 11 is 0. The van der Waals surface area contributed by atoms with Crippen LogP contribution < -0.4 is 29.6 Å². The van der Waals surface area contributed by atoms with E-state index in [0.29, 0.717) is 11.8 Å². The minimum atomic E-state index is -0.425. The Kier molecular flexibility index (Phi) is 3.19. The van der Waals surface area contributed by atoms with Crippen molar-refractivity contribution >= 4 is 5.97 Å². The summed E-state index contributed by atoms with van der Waals surface area (Å²) in [6.07, 6.45) is 7.74. The summed E-state index contributed by atoms with van der Waals surface area (Å²) < 4.78 is 0. The summed E-state index contributed by atoms with van der Waals surface area (Å²) in [5.74, 6) is 4.90. The minimum absolute atomic E-state index is 0. The van der Waals surface area contributed by atoms with E-state index in [1.54, 1.807) is 0 Å². The molecule has 0 amide bonds. The van der Waals surface area contributed by atoms with E-state index in [1.807, 2.05) is 0 Å². The molecule has 7 aliphatic rings. The molecule has 7 fully saturated rings. The molecule has 4 heteroatoms. The van der Waals surface area contributed by atoms with Crippen LogP contribution in [0.1, 0.15) is 38.5 Å². The molecule has 0 aromatic rings. The molecule has 0 radical (unpaired) electrons. The Balaban J connectivity index is 0.000000551. The summed E-state index contributed by atoms with van der Waals surface area (Å²) in [4.78, 5) is 12.0. The first-order valence-electron chi connectivity index (χ1n) is 7.43. The van der Waals surface area contributed by atoms with Crippen LogP contribution in [0.15, 0.2) is 0 Å². The van der Waals surface area contributed by atoms with Crippen molar-refractivity contribution in [3.8, 4) is 0 Å². The number of hydrogen-bond donors (Lipinski definition) is 1. The molecule has 4 atom stereocenters. The first kappa shape index (κ1) is 14.4. The molecule has 0 spiro atoms. The van der Waals surface area contributed by atoms with Gasteiger partial charge in [-0.05, 0) is 80.0 Å². The first-order chi connectivity index (χ1) is 8.20. The standard InChI is InChI=1S/C15H20O2.Na.H2O/c16-14(17)15-6-8-2-10-9-1-7(4-12(10)15)5-13(15)11(9)3-8;;/h7-13H,1-6H2,(H,16,17);;1H2/q;+1;/p-1. The van der Waals surface area contributed by atoms with Gasteiger partial charge in [0.2, 0.25) is 0 Å². The Labute approximate surface area is 136 Å². The molecule has 0 aliphatic heterocycles. The Morgan fingerprint density at radius 3 is 1.95 bits per heavy atom. The van der Waals surface area contributed by atoms with Crippen molar-refractivity contribution in [1.29, 1.82) is 0 Å². The van der Waals surface area contributed by atoms with E-state index < -0.39 is 5.97 Å². The zero-order valence-electron chi connectivity index (χ0n) is 11.6. The molecular formula is C15H21NaO3. The van der Waals surface area contributed by atoms with Crippen LogP contribution in [0.5, 0.6) is 0 Å². The molecule has 0 aromatic carbocycles. The van der Waals surface area contributed by atoms with Gasteiger partial charge in [-0.3, -0.25) is 4.79 Å². The van der Waals surface area contributed by atoms with Crippen LogP contribution in [0.4, 0.5) is 0 Å². The summed E-state index contributed by atoms with van der Waals surface area (Å²) in [6.45, 7) is 0. The van der Waals surface area contributed by atoms with Gasteiger partial charge < -0.3 is 10.6 Å². The maximum absolute atomic E-state index is 12.0. The second-order valence-electron chi connectivity index (χ2n) is 7.66. The average Bonchev–Trinajstić information content (AvgIpc) is 2.34. The maximum Gasteiger partial charge on any atom is 1.00 e. The van der Waals surface area contributed by atoms with Crippen LogP contribution in [0.25, 0.3) is 0 Å². The molecule has 0 aromatic heterocycles. The second-order valence-corrected chi connectivity index (χ2v) is 7.66. The SMILES string of the molecule is O=C(O)C12CC3CC4C5CC(CC41)CC2C5C3.[Na+].[OH-]. The minimum Gasteiger partial charge on any atom is -0.870 e. The molecule has 3 nitrogen and oxygen atoms in total. The van der Waals surface area contributed by atoms with Gasteiger partial charge in [0.1, 0.15) is 0 Å². The molecule has 100 valence electrons. The predicted octanol–water partition coefficient (Wildman–Crippen LogP) is -0.393. The van der Waals surface area contributed by atoms with E-state index in [1.165, 1.54) is 32.1 Å². The van der Waals surface area contributed by atoms with E-state index in [-0.39, 0.29) is 40.4 Å². The van der Waals surface area contributed by atoms with Gasteiger partial charge in [-0.15, -0.1) is 0 Å². The van der Waals surface area contributed by atoms with Gasteiger partial charge in [-0.1, -0.05) is 0 Å². The monoisotopic (exact) mass is 272 g/mol. The third-order valence-corrected chi connectivity index (χ3v) is 7.47. The normalized spacial score (nSPS) is 58.6. The van der Waals surface area contributed by atoms with E-state index >= 15 is 0 Å². The average molecular weight is 272 g/mol. The van der Waals surface area contributed by atoms with Crippen LogP contribution in [0.2, 0.25) is 0 Å². The number of carboxylic acid groups (broad SMARTS) is 1. The van der Waals surface area contributed by atoms with Crippen molar-refractivity contribution in [2.24, 2.45) is 46.8 Å². The summed E-state index contributed by atoms with van der Waals surface area (Å²) in [7, 11) is 0. The van der Waals surface area contributed by atoms with Crippen LogP contribution >= 0.6 is 0 Å². The van der Waals surface area contributed by atoms with Gasteiger partial charge in [-0.2, -0.15) is 0 Å². The Hall–Kier alpha value is 0.430. The molecule has 0 heterocycles. The molecule has 4 unspecified atom stereocenters. The number of aliphatic carboxylic acids is 1. The zero-order valence-corrected chi connectivity index (χ0v) is 13.6. The molecule has 7 aliphatic carbocycles. The Morgan fingerprint density at radius 2 is 1.42 bits per heavy atom. The number of rotatable bonds is 1. The van der Waals surface area contributed by atoms with E-state index in [9.17, 15) is 9.90 Å². The van der Waals surface area contributed by atoms with Crippen molar-refractivity contribution in [3.63, 3.8) is 0 Å². The van der Waals surface area contributed by atoms with Crippen molar-refractivity contribution in [3.05, 3.63) is 0 Å². The van der Waals surface area contributed by atoms with Gasteiger partial charge in [0, 0.05) is 0 Å². The molecule has 19 heavy (non-hydrogen) atoms. The van der Waals surface area contributed by atoms with E-state index in [2.05, 4.69) is 0 Å². The Bertz CT molecular complexity index is 400. The quantitative estimate of drug-likeness (QED) is 0.661. The van der Waals surface area contributed by atoms with Gasteiger partial charge in [0.05, 0.1) is 5.41 Å². The molecule has 8 bridgehead atoms. The van der Waals surface area contributed by atoms with Crippen LogP contribution in [0, 0.1) is 46.8 Å². The zero-order chi connectivity index (χ0) is 11.4. The molecule has 0 saturated heterocycles. The van der Waals surface area contributed by atoms with E-state index in [0.717, 1.165) is 36.0 Å². The third-order valence-electron chi connectivity index (χ3n) is 7.47. The molecule has 7 rings (SSSR count). The predicted molar refractivity (Wildman–Crippen MR) is 64.1 cm³/mol. The molecule has 2 N–H and O–H groups in total. The van der Waals surface area contributed by atoms with Gasteiger partial charge in [0.15, 0.2) is 0 Å². The fourth-order valence-corrected chi connectivity index (χ4v) is 7.36. The van der Waals surface area contributed by atoms with Gasteiger partial charge in [-0.25, -0.2) is 0 Å². The van der Waals surface area contributed by atoms with E-state index in [4.69, 9.17) is 0 Å². The largest absolute Gasteiger partial charge is 1.00 e. The summed E-state index contributed by atoms with van der Waals surface area (Å²) in [5, 5.41) is 9.89. The number of hydrogen-bond acceptors (Lipinski definition) is 2. The topological polar surface area (TPSA) is 67.3 Å². The van der Waals surface area contributed by atoms with Crippen LogP contribution in [0.3, 0.4) is 0 Å². The third kappa shape index (κ3) is 1.41. The fraction of sp³-hybridized carbons (Fsp3) is 0.933. The van der Waals surface area contributed by atoms with Crippen molar-refractivity contribution in [1.82, 2.24) is 0 Å². The van der Waals surface area contributed by atoms with Crippen LogP contribution in [-0.2, 0) is 4.79 Å². The van der Waals surface area contributed by atoms with Crippen LogP contribution in [-0.4, -0.2) is 16.6 Å². The summed E-state index contributed by atoms with van der Waals surface area (Å²) in [6, 6.07) is 0. The maximum atomic E-state index is 12.0. The number of carboxylic acids is 1. The Morgan fingerprint density at radius 1 is 0.895 bits per heavy atom. The van der Waals surface area contributed by atoms with Crippen molar-refractivity contribution < 1.29 is 44.9 Å². The molecule has 7 saturated carbocycles. The first-order valence-corrected chi connectivity index (χ1v) is 7.43. The van der Waals surface area contributed by atoms with Crippen molar-refractivity contribution in [2.75, 3.05) is 0 Å². The molecular weight excluding hydrogens is 251 g/mol. The number of carbonyl (C=O) groups is 1. The van der Waals surface area contributed by atoms with Crippen molar-refractivity contribution in [2.45, 2.75) is 38.5 Å². The smallest absolute Gasteiger partial charge is 0.870 e. The summed E-state index contributed by atoms with van der Waals surface area (Å²) in [5.41, 5.74) is -0.260.